The van der Waals surface area contributed by atoms with Crippen molar-refractivity contribution in [3.05, 3.63) is 0 Å². The van der Waals surface area contributed by atoms with Gasteiger partial charge in [-0.2, -0.15) is 0 Å². The number of hydrogen-bond donors (Lipinski definition) is 5. The van der Waals surface area contributed by atoms with Crippen LogP contribution in [0.15, 0.2) is 0 Å². The third-order valence-electron chi connectivity index (χ3n) is 11.1. The van der Waals surface area contributed by atoms with Crippen LogP contribution in [0.1, 0.15) is 92.4 Å². The maximum atomic E-state index is 12.3. The molecule has 4 fully saturated rings. The van der Waals surface area contributed by atoms with E-state index in [9.17, 15) is 25.5 Å². The molecular weight excluding hydrogens is 404 g/mol. The Morgan fingerprint density at radius 3 is 2.19 bits per heavy atom. The third-order valence-corrected chi connectivity index (χ3v) is 11.1. The Balaban J connectivity index is 1.59. The van der Waals surface area contributed by atoms with E-state index in [1.165, 1.54) is 0 Å². The van der Waals surface area contributed by atoms with E-state index in [0.717, 1.165) is 38.5 Å². The standard InChI is InChI=1S/C27H48O5/c1-15(2)20(29)7-6-16(3)18-13-21(30)24-26(18,5)11-9-23-25(4)10-8-17(28)12-19(25)22(31)14-27(23,24)32/h15-24,28-32H,6-14H2,1-5H3/t16-,17+,18-,19-,20+,21+,22+,23-,24-,25+,26-,27+/m1/s1. The lowest BCUT2D eigenvalue weighted by atomic mass is 9.42. The summed E-state index contributed by atoms with van der Waals surface area (Å²) in [6.07, 6.45) is 4.97. The molecule has 0 saturated heterocycles. The average Bonchev–Trinajstić information content (AvgIpc) is 2.98. The van der Waals surface area contributed by atoms with E-state index >= 15 is 0 Å². The van der Waals surface area contributed by atoms with Gasteiger partial charge in [0.05, 0.1) is 30.0 Å². The topological polar surface area (TPSA) is 101 Å². The van der Waals surface area contributed by atoms with Gasteiger partial charge in [-0.15, -0.1) is 0 Å². The van der Waals surface area contributed by atoms with Crippen molar-refractivity contribution >= 4 is 0 Å². The molecule has 0 amide bonds. The first-order chi connectivity index (χ1) is 14.8. The van der Waals surface area contributed by atoms with Crippen molar-refractivity contribution in [2.75, 3.05) is 0 Å². The van der Waals surface area contributed by atoms with Crippen molar-refractivity contribution < 1.29 is 25.5 Å². The van der Waals surface area contributed by atoms with Gasteiger partial charge in [0, 0.05) is 12.3 Å². The van der Waals surface area contributed by atoms with Crippen LogP contribution in [-0.4, -0.2) is 55.5 Å². The lowest BCUT2D eigenvalue weighted by molar-refractivity contribution is -0.263. The SMILES string of the molecule is CC(C)[C@@H](O)CC[C@@H](C)[C@H]1C[C@H](O)[C@@H]2[C@]1(C)CC[C@@H]1[C@@]3(C)CC[C@H](O)C[C@@H]3[C@@H](O)C[C@]12O. The fraction of sp³-hybridized carbons (Fsp3) is 1.00. The first-order valence-corrected chi connectivity index (χ1v) is 13.3. The summed E-state index contributed by atoms with van der Waals surface area (Å²) >= 11 is 0. The van der Waals surface area contributed by atoms with Gasteiger partial charge in [0.2, 0.25) is 0 Å². The largest absolute Gasteiger partial charge is 0.393 e. The second kappa shape index (κ2) is 8.48. The molecule has 186 valence electrons. The Morgan fingerprint density at radius 1 is 0.875 bits per heavy atom. The number of hydrogen-bond acceptors (Lipinski definition) is 5. The summed E-state index contributed by atoms with van der Waals surface area (Å²) in [5, 5.41) is 55.4. The zero-order valence-corrected chi connectivity index (χ0v) is 20.9. The van der Waals surface area contributed by atoms with Crippen molar-refractivity contribution in [3.63, 3.8) is 0 Å². The van der Waals surface area contributed by atoms with E-state index in [1.807, 2.05) is 0 Å². The van der Waals surface area contributed by atoms with Crippen LogP contribution < -0.4 is 0 Å². The molecule has 0 radical (unpaired) electrons. The molecule has 4 rings (SSSR count). The molecule has 0 spiro atoms. The summed E-state index contributed by atoms with van der Waals surface area (Å²) in [4.78, 5) is 0. The summed E-state index contributed by atoms with van der Waals surface area (Å²) in [6.45, 7) is 10.8. The second-order valence-electron chi connectivity index (χ2n) is 13.2. The van der Waals surface area contributed by atoms with Gasteiger partial charge in [-0.05, 0) is 91.8 Å². The van der Waals surface area contributed by atoms with Gasteiger partial charge in [0.25, 0.3) is 0 Å². The van der Waals surface area contributed by atoms with Gasteiger partial charge in [-0.1, -0.05) is 34.6 Å². The predicted molar refractivity (Wildman–Crippen MR) is 125 cm³/mol. The monoisotopic (exact) mass is 452 g/mol. The zero-order valence-electron chi connectivity index (χ0n) is 20.9. The maximum absolute atomic E-state index is 12.3. The quantitative estimate of drug-likeness (QED) is 0.440. The molecule has 5 N–H and O–H groups in total. The van der Waals surface area contributed by atoms with Crippen molar-refractivity contribution in [2.24, 2.45) is 46.3 Å². The van der Waals surface area contributed by atoms with Crippen molar-refractivity contribution in [2.45, 2.75) is 122 Å². The van der Waals surface area contributed by atoms with Crippen LogP contribution in [0.5, 0.6) is 0 Å². The van der Waals surface area contributed by atoms with Gasteiger partial charge in [0.15, 0.2) is 0 Å². The molecule has 0 aliphatic heterocycles. The molecule has 4 aliphatic rings. The maximum Gasteiger partial charge on any atom is 0.0763 e. The average molecular weight is 453 g/mol. The van der Waals surface area contributed by atoms with Crippen LogP contribution in [-0.2, 0) is 0 Å². The van der Waals surface area contributed by atoms with Crippen molar-refractivity contribution in [1.29, 1.82) is 0 Å². The lowest BCUT2D eigenvalue weighted by Crippen LogP contribution is -2.68. The van der Waals surface area contributed by atoms with Crippen molar-refractivity contribution in [3.8, 4) is 0 Å². The number of fused-ring (bicyclic) bond motifs is 5. The minimum Gasteiger partial charge on any atom is -0.393 e. The fourth-order valence-corrected chi connectivity index (χ4v) is 9.37. The van der Waals surface area contributed by atoms with E-state index in [1.54, 1.807) is 0 Å². The minimum atomic E-state index is -1.06. The molecule has 4 saturated carbocycles. The van der Waals surface area contributed by atoms with Crippen LogP contribution in [0.4, 0.5) is 0 Å². The van der Waals surface area contributed by atoms with E-state index < -0.39 is 17.8 Å². The highest BCUT2D eigenvalue weighted by Crippen LogP contribution is 2.69. The van der Waals surface area contributed by atoms with Crippen LogP contribution in [0, 0.1) is 46.3 Å². The van der Waals surface area contributed by atoms with E-state index in [4.69, 9.17) is 0 Å². The Bertz CT molecular complexity index is 683. The Morgan fingerprint density at radius 2 is 1.53 bits per heavy atom. The van der Waals surface area contributed by atoms with Gasteiger partial charge < -0.3 is 25.5 Å². The number of rotatable bonds is 5. The normalized spacial score (nSPS) is 52.8. The second-order valence-corrected chi connectivity index (χ2v) is 13.2. The Kier molecular flexibility index (Phi) is 6.60. The fourth-order valence-electron chi connectivity index (χ4n) is 9.37. The minimum absolute atomic E-state index is 0.0201. The van der Waals surface area contributed by atoms with Crippen LogP contribution in [0.2, 0.25) is 0 Å². The van der Waals surface area contributed by atoms with Crippen LogP contribution >= 0.6 is 0 Å². The van der Waals surface area contributed by atoms with Crippen LogP contribution in [0.25, 0.3) is 0 Å². The van der Waals surface area contributed by atoms with Gasteiger partial charge >= 0.3 is 0 Å². The van der Waals surface area contributed by atoms with Gasteiger partial charge in [-0.25, -0.2) is 0 Å². The summed E-state index contributed by atoms with van der Waals surface area (Å²) in [5.41, 5.74) is -1.42. The number of aliphatic hydroxyl groups excluding tert-OH is 4. The molecule has 0 heterocycles. The van der Waals surface area contributed by atoms with E-state index in [-0.39, 0.29) is 46.7 Å². The van der Waals surface area contributed by atoms with Gasteiger partial charge in [0.1, 0.15) is 0 Å². The molecule has 32 heavy (non-hydrogen) atoms. The molecular formula is C27H48O5. The third kappa shape index (κ3) is 3.69. The van der Waals surface area contributed by atoms with E-state index in [2.05, 4.69) is 34.6 Å². The van der Waals surface area contributed by atoms with Crippen LogP contribution in [0.3, 0.4) is 0 Å². The Hall–Kier alpha value is -0.200. The summed E-state index contributed by atoms with van der Waals surface area (Å²) in [5.74, 6) is 0.780. The summed E-state index contributed by atoms with van der Waals surface area (Å²) in [6, 6.07) is 0. The Labute approximate surface area is 194 Å². The lowest BCUT2D eigenvalue weighted by Gasteiger charge is -2.66. The highest BCUT2D eigenvalue weighted by molar-refractivity contribution is 5.20. The summed E-state index contributed by atoms with van der Waals surface area (Å²) < 4.78 is 0. The zero-order chi connectivity index (χ0) is 23.6. The number of aliphatic hydroxyl groups is 5. The molecule has 4 aliphatic carbocycles. The first kappa shape index (κ1) is 24.9. The molecule has 12 atom stereocenters. The molecule has 0 aromatic carbocycles. The molecule has 0 aromatic rings. The molecule has 0 bridgehead atoms. The van der Waals surface area contributed by atoms with Crippen molar-refractivity contribution in [1.82, 2.24) is 0 Å². The smallest absolute Gasteiger partial charge is 0.0763 e. The molecule has 0 aromatic heterocycles. The van der Waals surface area contributed by atoms with Gasteiger partial charge in [-0.3, -0.25) is 0 Å². The molecule has 5 heteroatoms. The highest BCUT2D eigenvalue weighted by Gasteiger charge is 2.70. The molecule has 5 nitrogen and oxygen atoms in total. The molecule has 0 unspecified atom stereocenters. The highest BCUT2D eigenvalue weighted by atomic mass is 16.3. The predicted octanol–water partition coefficient (Wildman–Crippen LogP) is 3.50. The van der Waals surface area contributed by atoms with E-state index in [0.29, 0.717) is 31.1 Å². The summed E-state index contributed by atoms with van der Waals surface area (Å²) in [7, 11) is 0. The first-order valence-electron chi connectivity index (χ1n) is 13.3.